The molecule has 1 N–H and O–H groups in total. The number of ether oxygens (including phenoxy) is 3. The maximum atomic E-state index is 5.41. The van der Waals surface area contributed by atoms with Crippen molar-refractivity contribution < 1.29 is 14.2 Å². The van der Waals surface area contributed by atoms with Crippen LogP contribution < -0.4 is 19.5 Å². The minimum Gasteiger partial charge on any atom is -0.493 e. The van der Waals surface area contributed by atoms with Crippen molar-refractivity contribution in [1.82, 2.24) is 5.32 Å². The Bertz CT molecular complexity index is 450. The zero-order chi connectivity index (χ0) is 15.9. The van der Waals surface area contributed by atoms with Gasteiger partial charge < -0.3 is 19.5 Å². The van der Waals surface area contributed by atoms with Crippen LogP contribution in [0.15, 0.2) is 12.1 Å². The fourth-order valence-electron chi connectivity index (χ4n) is 3.19. The largest absolute Gasteiger partial charge is 0.493 e. The predicted octanol–water partition coefficient (Wildman–Crippen LogP) is 3.77. The van der Waals surface area contributed by atoms with E-state index >= 15 is 0 Å². The molecule has 0 spiro atoms. The molecule has 0 aromatic heterocycles. The van der Waals surface area contributed by atoms with E-state index in [2.05, 4.69) is 12.2 Å². The predicted molar refractivity (Wildman–Crippen MR) is 89.0 cm³/mol. The van der Waals surface area contributed by atoms with E-state index in [0.717, 1.165) is 18.0 Å². The Hall–Kier alpha value is -1.42. The number of hydrogen-bond donors (Lipinski definition) is 1. The van der Waals surface area contributed by atoms with Crippen LogP contribution in [0.3, 0.4) is 0 Å². The van der Waals surface area contributed by atoms with E-state index in [0.29, 0.717) is 23.3 Å². The Morgan fingerprint density at radius 3 is 2.23 bits per heavy atom. The van der Waals surface area contributed by atoms with Gasteiger partial charge in [0.15, 0.2) is 11.5 Å². The van der Waals surface area contributed by atoms with Crippen LogP contribution in [-0.2, 0) is 6.54 Å². The van der Waals surface area contributed by atoms with Crippen molar-refractivity contribution in [3.05, 3.63) is 17.7 Å². The lowest BCUT2D eigenvalue weighted by atomic mass is 10.0. The lowest BCUT2D eigenvalue weighted by Crippen LogP contribution is -2.28. The molecule has 124 valence electrons. The van der Waals surface area contributed by atoms with Gasteiger partial charge in [0.2, 0.25) is 5.75 Å². The molecule has 2 atom stereocenters. The van der Waals surface area contributed by atoms with Crippen molar-refractivity contribution in [3.63, 3.8) is 0 Å². The zero-order valence-corrected chi connectivity index (χ0v) is 14.3. The summed E-state index contributed by atoms with van der Waals surface area (Å²) in [6, 6.07) is 4.66. The minimum atomic E-state index is 0.615. The number of hydrogen-bond acceptors (Lipinski definition) is 4. The molecule has 1 aromatic rings. The molecule has 1 fully saturated rings. The Morgan fingerprint density at radius 2 is 1.64 bits per heavy atom. The molecule has 0 bridgehead atoms. The molecule has 2 rings (SSSR count). The minimum absolute atomic E-state index is 0.615. The zero-order valence-electron chi connectivity index (χ0n) is 14.3. The van der Waals surface area contributed by atoms with Gasteiger partial charge in [0.05, 0.1) is 21.3 Å². The summed E-state index contributed by atoms with van der Waals surface area (Å²) in [5.41, 5.74) is 1.16. The molecule has 0 heterocycles. The summed E-state index contributed by atoms with van der Waals surface area (Å²) in [6.45, 7) is 3.19. The van der Waals surface area contributed by atoms with Gasteiger partial charge in [-0.15, -0.1) is 0 Å². The van der Waals surface area contributed by atoms with Gasteiger partial charge in [-0.1, -0.05) is 19.8 Å². The molecule has 1 aromatic carbocycles. The molecule has 0 saturated heterocycles. The van der Waals surface area contributed by atoms with Gasteiger partial charge >= 0.3 is 0 Å². The first-order valence-electron chi connectivity index (χ1n) is 8.20. The van der Waals surface area contributed by atoms with Crippen molar-refractivity contribution in [2.75, 3.05) is 21.3 Å². The van der Waals surface area contributed by atoms with Crippen LogP contribution in [0.1, 0.15) is 44.6 Å². The molecule has 4 heteroatoms. The lowest BCUT2D eigenvalue weighted by molar-refractivity contribution is 0.323. The van der Waals surface area contributed by atoms with Gasteiger partial charge in [0.25, 0.3) is 0 Å². The standard InChI is InChI=1S/C18H29NO3/c1-13-6-5-7-15(9-8-13)19-12-14-10-16(20-2)18(22-4)17(11-14)21-3/h10-11,13,15,19H,5-9,12H2,1-4H3. The van der Waals surface area contributed by atoms with Crippen molar-refractivity contribution >= 4 is 0 Å². The molecule has 0 amide bonds. The number of rotatable bonds is 6. The van der Waals surface area contributed by atoms with Gasteiger partial charge in [0.1, 0.15) is 0 Å². The Kier molecular flexibility index (Phi) is 6.37. The summed E-state index contributed by atoms with van der Waals surface area (Å²) in [5.74, 6) is 2.95. The molecule has 2 unspecified atom stereocenters. The van der Waals surface area contributed by atoms with Crippen molar-refractivity contribution in [1.29, 1.82) is 0 Å². The molecule has 4 nitrogen and oxygen atoms in total. The maximum absolute atomic E-state index is 5.41. The molecule has 0 aliphatic heterocycles. The highest BCUT2D eigenvalue weighted by Crippen LogP contribution is 2.38. The molecular formula is C18H29NO3. The van der Waals surface area contributed by atoms with E-state index in [1.165, 1.54) is 32.1 Å². The van der Waals surface area contributed by atoms with Gasteiger partial charge in [-0.25, -0.2) is 0 Å². The first kappa shape index (κ1) is 16.9. The molecule has 1 aliphatic carbocycles. The van der Waals surface area contributed by atoms with Crippen molar-refractivity contribution in [3.8, 4) is 17.2 Å². The van der Waals surface area contributed by atoms with Crippen LogP contribution in [0.2, 0.25) is 0 Å². The highest BCUT2D eigenvalue weighted by atomic mass is 16.5. The summed E-state index contributed by atoms with van der Waals surface area (Å²) < 4.78 is 16.2. The first-order chi connectivity index (χ1) is 10.7. The third-order valence-electron chi connectivity index (χ3n) is 4.58. The van der Waals surface area contributed by atoms with Crippen LogP contribution in [0.5, 0.6) is 17.2 Å². The Labute approximate surface area is 134 Å². The second kappa shape index (κ2) is 8.28. The normalized spacial score (nSPS) is 22.0. The molecule has 22 heavy (non-hydrogen) atoms. The highest BCUT2D eigenvalue weighted by molar-refractivity contribution is 5.53. The fraction of sp³-hybridized carbons (Fsp3) is 0.667. The topological polar surface area (TPSA) is 39.7 Å². The lowest BCUT2D eigenvalue weighted by Gasteiger charge is -2.18. The maximum Gasteiger partial charge on any atom is 0.203 e. The summed E-state index contributed by atoms with van der Waals surface area (Å²) >= 11 is 0. The molecular weight excluding hydrogens is 278 g/mol. The SMILES string of the molecule is COc1cc(CNC2CCCC(C)CC2)cc(OC)c1OC. The van der Waals surface area contributed by atoms with E-state index < -0.39 is 0 Å². The van der Waals surface area contributed by atoms with Gasteiger partial charge in [0, 0.05) is 12.6 Å². The van der Waals surface area contributed by atoms with Gasteiger partial charge in [-0.2, -0.15) is 0 Å². The second-order valence-electron chi connectivity index (χ2n) is 6.22. The van der Waals surface area contributed by atoms with Crippen LogP contribution in [0, 0.1) is 5.92 Å². The highest BCUT2D eigenvalue weighted by Gasteiger charge is 2.17. The quantitative estimate of drug-likeness (QED) is 0.812. The summed E-state index contributed by atoms with van der Waals surface area (Å²) in [7, 11) is 4.94. The molecule has 1 aliphatic rings. The van der Waals surface area contributed by atoms with E-state index in [1.54, 1.807) is 21.3 Å². The van der Waals surface area contributed by atoms with Crippen LogP contribution >= 0.6 is 0 Å². The summed E-state index contributed by atoms with van der Waals surface area (Å²) in [5, 5.41) is 3.69. The smallest absolute Gasteiger partial charge is 0.203 e. The molecule has 1 saturated carbocycles. The van der Waals surface area contributed by atoms with Crippen molar-refractivity contribution in [2.24, 2.45) is 5.92 Å². The van der Waals surface area contributed by atoms with Gasteiger partial charge in [-0.3, -0.25) is 0 Å². The Balaban J connectivity index is 2.03. The van der Waals surface area contributed by atoms with Crippen molar-refractivity contribution in [2.45, 2.75) is 51.6 Å². The van der Waals surface area contributed by atoms with E-state index in [1.807, 2.05) is 12.1 Å². The number of benzene rings is 1. The second-order valence-corrected chi connectivity index (χ2v) is 6.22. The Morgan fingerprint density at radius 1 is 0.955 bits per heavy atom. The van der Waals surface area contributed by atoms with Crippen LogP contribution in [-0.4, -0.2) is 27.4 Å². The number of methoxy groups -OCH3 is 3. The summed E-state index contributed by atoms with van der Waals surface area (Å²) in [4.78, 5) is 0. The fourth-order valence-corrected chi connectivity index (χ4v) is 3.19. The number of nitrogens with one attached hydrogen (secondary N) is 1. The molecule has 0 radical (unpaired) electrons. The van der Waals surface area contributed by atoms with Gasteiger partial charge in [-0.05, 0) is 42.9 Å². The van der Waals surface area contributed by atoms with E-state index in [4.69, 9.17) is 14.2 Å². The third kappa shape index (κ3) is 4.29. The summed E-state index contributed by atoms with van der Waals surface area (Å²) in [6.07, 6.45) is 6.56. The van der Waals surface area contributed by atoms with Crippen LogP contribution in [0.4, 0.5) is 0 Å². The average Bonchev–Trinajstić information content (AvgIpc) is 2.76. The third-order valence-corrected chi connectivity index (χ3v) is 4.58. The van der Waals surface area contributed by atoms with E-state index in [9.17, 15) is 0 Å². The monoisotopic (exact) mass is 307 g/mol. The first-order valence-corrected chi connectivity index (χ1v) is 8.20. The average molecular weight is 307 g/mol. The van der Waals surface area contributed by atoms with E-state index in [-0.39, 0.29) is 0 Å². The van der Waals surface area contributed by atoms with Crippen LogP contribution in [0.25, 0.3) is 0 Å².